The molecule has 1 aliphatic rings. The number of aromatic amines is 1. The van der Waals surface area contributed by atoms with E-state index in [-0.39, 0.29) is 11.7 Å². The molecular weight excluding hydrogens is 427 g/mol. The number of urea groups is 1. The number of nitrogens with zero attached hydrogens (tertiary/aromatic N) is 3. The molecule has 9 nitrogen and oxygen atoms in total. The van der Waals surface area contributed by atoms with E-state index >= 15 is 0 Å². The highest BCUT2D eigenvalue weighted by atomic mass is 19.4. The summed E-state index contributed by atoms with van der Waals surface area (Å²) in [4.78, 5) is 19.2. The maximum Gasteiger partial charge on any atom is 0.420 e. The molecule has 4 rings (SSSR count). The van der Waals surface area contributed by atoms with E-state index in [1.165, 1.54) is 12.5 Å². The molecule has 1 fully saturated rings. The second-order valence-corrected chi connectivity index (χ2v) is 7.44. The SMILES string of the molecule is Cc1cc(Nc2cc(C3CCC3)n[nH]2)nc(Oc2ccc(NC(N)=O)cc2C(F)(F)F)n1. The van der Waals surface area contributed by atoms with Crippen molar-refractivity contribution in [2.75, 3.05) is 10.6 Å². The van der Waals surface area contributed by atoms with E-state index in [1.807, 2.05) is 6.07 Å². The number of primary amides is 1. The normalized spacial score (nSPS) is 14.0. The van der Waals surface area contributed by atoms with Crippen LogP contribution in [0.2, 0.25) is 0 Å². The van der Waals surface area contributed by atoms with Crippen LogP contribution in [0, 0.1) is 6.92 Å². The topological polar surface area (TPSA) is 131 Å². The third-order valence-corrected chi connectivity index (χ3v) is 4.97. The Morgan fingerprint density at radius 2 is 2.00 bits per heavy atom. The quantitative estimate of drug-likeness (QED) is 0.428. The molecule has 168 valence electrons. The number of nitrogens with two attached hydrogens (primary N) is 1. The summed E-state index contributed by atoms with van der Waals surface area (Å²) in [7, 11) is 0. The van der Waals surface area contributed by atoms with Crippen molar-refractivity contribution in [1.29, 1.82) is 0 Å². The second-order valence-electron chi connectivity index (χ2n) is 7.44. The average Bonchev–Trinajstić information content (AvgIpc) is 3.07. The largest absolute Gasteiger partial charge is 0.424 e. The summed E-state index contributed by atoms with van der Waals surface area (Å²) in [6.07, 6.45) is -1.36. The van der Waals surface area contributed by atoms with Crippen molar-refractivity contribution in [3.63, 3.8) is 0 Å². The van der Waals surface area contributed by atoms with Crippen LogP contribution in [0.15, 0.2) is 30.3 Å². The maximum atomic E-state index is 13.5. The number of hydrogen-bond acceptors (Lipinski definition) is 6. The van der Waals surface area contributed by atoms with Crippen molar-refractivity contribution in [2.45, 2.75) is 38.3 Å². The Labute approximate surface area is 180 Å². The van der Waals surface area contributed by atoms with Gasteiger partial charge in [-0.25, -0.2) is 9.78 Å². The minimum Gasteiger partial charge on any atom is -0.424 e. The first-order chi connectivity index (χ1) is 15.2. The van der Waals surface area contributed by atoms with Gasteiger partial charge in [-0.05, 0) is 38.0 Å². The minimum absolute atomic E-state index is 0.119. The number of halogens is 3. The zero-order chi connectivity index (χ0) is 22.9. The Bertz CT molecular complexity index is 1140. The van der Waals surface area contributed by atoms with Gasteiger partial charge in [0.25, 0.3) is 0 Å². The Balaban J connectivity index is 1.57. The van der Waals surface area contributed by atoms with E-state index in [1.54, 1.807) is 13.0 Å². The molecule has 5 N–H and O–H groups in total. The van der Waals surface area contributed by atoms with Crippen LogP contribution in [-0.4, -0.2) is 26.2 Å². The lowest BCUT2D eigenvalue weighted by molar-refractivity contribution is -0.138. The number of aryl methyl sites for hydroxylation is 1. The van der Waals surface area contributed by atoms with Gasteiger partial charge in [0.1, 0.15) is 22.9 Å². The molecule has 12 heteroatoms. The number of H-pyrrole nitrogens is 1. The van der Waals surface area contributed by atoms with E-state index in [4.69, 9.17) is 10.5 Å². The van der Waals surface area contributed by atoms with Crippen LogP contribution in [0.1, 0.15) is 42.1 Å². The fourth-order valence-corrected chi connectivity index (χ4v) is 3.26. The molecule has 0 radical (unpaired) electrons. The zero-order valence-corrected chi connectivity index (χ0v) is 17.0. The van der Waals surface area contributed by atoms with Crippen LogP contribution < -0.4 is 21.1 Å². The Hall–Kier alpha value is -3.83. The van der Waals surface area contributed by atoms with Gasteiger partial charge in [-0.3, -0.25) is 5.10 Å². The minimum atomic E-state index is -4.75. The predicted octanol–water partition coefficient (Wildman–Crippen LogP) is 4.82. The molecule has 2 amide bonds. The predicted molar refractivity (Wildman–Crippen MR) is 110 cm³/mol. The molecule has 0 bridgehead atoms. The van der Waals surface area contributed by atoms with Gasteiger partial charge in [-0.2, -0.15) is 23.3 Å². The van der Waals surface area contributed by atoms with Gasteiger partial charge in [0.05, 0.1) is 5.69 Å². The number of amides is 2. The number of aromatic nitrogens is 4. The summed E-state index contributed by atoms with van der Waals surface area (Å²) in [6, 6.07) is 5.27. The van der Waals surface area contributed by atoms with E-state index in [9.17, 15) is 18.0 Å². The number of carbonyl (C=O) groups is 1. The third kappa shape index (κ3) is 4.90. The van der Waals surface area contributed by atoms with E-state index in [0.29, 0.717) is 23.2 Å². The first kappa shape index (κ1) is 21.4. The molecule has 0 saturated heterocycles. The number of anilines is 3. The van der Waals surface area contributed by atoms with Gasteiger partial charge in [0, 0.05) is 29.4 Å². The number of hydrogen-bond donors (Lipinski definition) is 4. The summed E-state index contributed by atoms with van der Waals surface area (Å²) >= 11 is 0. The van der Waals surface area contributed by atoms with Gasteiger partial charge in [0.15, 0.2) is 0 Å². The number of rotatable bonds is 6. The van der Waals surface area contributed by atoms with Gasteiger partial charge >= 0.3 is 18.2 Å². The molecule has 0 spiro atoms. The Morgan fingerprint density at radius 3 is 2.66 bits per heavy atom. The van der Waals surface area contributed by atoms with Crippen molar-refractivity contribution in [3.05, 3.63) is 47.3 Å². The highest BCUT2D eigenvalue weighted by Crippen LogP contribution is 2.39. The number of ether oxygens (including phenoxy) is 1. The van der Waals surface area contributed by atoms with E-state index in [2.05, 4.69) is 30.8 Å². The summed E-state index contributed by atoms with van der Waals surface area (Å²) in [5, 5.41) is 12.3. The van der Waals surface area contributed by atoms with Crippen molar-refractivity contribution in [3.8, 4) is 11.8 Å². The standard InChI is InChI=1S/C20H20F3N7O2/c1-10-7-16(27-17-9-14(29-30-17)11-3-2-4-11)28-19(25-10)32-15-6-5-12(26-18(24)31)8-13(15)20(21,22)23/h5-9,11H,2-4H2,1H3,(H3,24,26,31)(H2,25,27,28,29,30). The van der Waals surface area contributed by atoms with Crippen molar-refractivity contribution in [2.24, 2.45) is 5.73 Å². The van der Waals surface area contributed by atoms with Crippen LogP contribution >= 0.6 is 0 Å². The molecule has 0 atom stereocenters. The highest BCUT2D eigenvalue weighted by Gasteiger charge is 2.35. The van der Waals surface area contributed by atoms with Crippen LogP contribution in [0.4, 0.5) is 35.3 Å². The molecule has 1 saturated carbocycles. The van der Waals surface area contributed by atoms with Gasteiger partial charge in [-0.1, -0.05) is 6.42 Å². The molecule has 2 heterocycles. The Morgan fingerprint density at radius 1 is 1.22 bits per heavy atom. The molecular formula is C20H20F3N7O2. The van der Waals surface area contributed by atoms with Gasteiger partial charge in [0.2, 0.25) is 0 Å². The van der Waals surface area contributed by atoms with Crippen LogP contribution in [0.5, 0.6) is 11.8 Å². The van der Waals surface area contributed by atoms with Gasteiger partial charge < -0.3 is 21.1 Å². The summed E-state index contributed by atoms with van der Waals surface area (Å²) < 4.78 is 46.0. The lowest BCUT2D eigenvalue weighted by atomic mass is 9.83. The van der Waals surface area contributed by atoms with E-state index in [0.717, 1.165) is 30.7 Å². The molecule has 1 aromatic carbocycles. The number of nitrogens with one attached hydrogen (secondary N) is 3. The zero-order valence-electron chi connectivity index (χ0n) is 17.0. The third-order valence-electron chi connectivity index (χ3n) is 4.97. The first-order valence-corrected chi connectivity index (χ1v) is 9.81. The van der Waals surface area contributed by atoms with Crippen molar-refractivity contribution >= 4 is 23.4 Å². The number of benzene rings is 1. The Kier molecular flexibility index (Phi) is 5.59. The smallest absolute Gasteiger partial charge is 0.420 e. The first-order valence-electron chi connectivity index (χ1n) is 9.81. The van der Waals surface area contributed by atoms with Crippen LogP contribution in [-0.2, 0) is 6.18 Å². The fraction of sp³-hybridized carbons (Fsp3) is 0.300. The lowest BCUT2D eigenvalue weighted by Crippen LogP contribution is -2.19. The van der Waals surface area contributed by atoms with Crippen molar-refractivity contribution in [1.82, 2.24) is 20.2 Å². The van der Waals surface area contributed by atoms with Gasteiger partial charge in [-0.15, -0.1) is 0 Å². The molecule has 2 aromatic heterocycles. The molecule has 0 aliphatic heterocycles. The second kappa shape index (κ2) is 8.36. The highest BCUT2D eigenvalue weighted by molar-refractivity contribution is 5.88. The summed E-state index contributed by atoms with van der Waals surface area (Å²) in [6.45, 7) is 1.66. The number of carbonyl (C=O) groups excluding carboxylic acids is 1. The molecule has 3 aromatic rings. The van der Waals surface area contributed by atoms with E-state index < -0.39 is 23.5 Å². The number of alkyl halides is 3. The lowest BCUT2D eigenvalue weighted by Gasteiger charge is -2.22. The summed E-state index contributed by atoms with van der Waals surface area (Å²) in [5.41, 5.74) is 5.19. The fourth-order valence-electron chi connectivity index (χ4n) is 3.26. The van der Waals surface area contributed by atoms with Crippen LogP contribution in [0.3, 0.4) is 0 Å². The maximum absolute atomic E-state index is 13.5. The van der Waals surface area contributed by atoms with Crippen molar-refractivity contribution < 1.29 is 22.7 Å². The molecule has 0 unspecified atom stereocenters. The summed E-state index contributed by atoms with van der Waals surface area (Å²) in [5.74, 6) is 0.865. The van der Waals surface area contributed by atoms with Crippen LogP contribution in [0.25, 0.3) is 0 Å². The molecule has 32 heavy (non-hydrogen) atoms. The monoisotopic (exact) mass is 447 g/mol. The average molecular weight is 447 g/mol. The molecule has 1 aliphatic carbocycles.